The Morgan fingerprint density at radius 3 is 2.25 bits per heavy atom. The molecule has 0 saturated heterocycles. The lowest BCUT2D eigenvalue weighted by molar-refractivity contribution is 0.0680. The van der Waals surface area contributed by atoms with Crippen molar-refractivity contribution in [1.29, 1.82) is 0 Å². The zero-order valence-electron chi connectivity index (χ0n) is 18.5. The van der Waals surface area contributed by atoms with Crippen LogP contribution in [0.5, 0.6) is 0 Å². The van der Waals surface area contributed by atoms with Crippen molar-refractivity contribution in [2.45, 2.75) is 25.3 Å². The predicted molar refractivity (Wildman–Crippen MR) is 126 cm³/mol. The Hall–Kier alpha value is -3.16. The van der Waals surface area contributed by atoms with Gasteiger partial charge in [-0.2, -0.15) is 0 Å². The second-order valence-electron chi connectivity index (χ2n) is 7.63. The van der Waals surface area contributed by atoms with Gasteiger partial charge in [0.05, 0.1) is 11.5 Å². The number of anilines is 1. The maximum atomic E-state index is 13.1. The Balaban J connectivity index is 1.75. The first-order valence-electron chi connectivity index (χ1n) is 10.3. The smallest absolute Gasteiger partial charge is 0.261 e. The molecule has 1 N–H and O–H groups in total. The third-order valence-corrected chi connectivity index (χ3v) is 6.62. The van der Waals surface area contributed by atoms with E-state index in [1.807, 2.05) is 44.2 Å². The van der Waals surface area contributed by atoms with E-state index >= 15 is 0 Å². The van der Waals surface area contributed by atoms with Crippen LogP contribution in [0.2, 0.25) is 0 Å². The highest BCUT2D eigenvalue weighted by Gasteiger charge is 2.18. The zero-order valence-corrected chi connectivity index (χ0v) is 19.4. The van der Waals surface area contributed by atoms with Gasteiger partial charge in [-0.3, -0.25) is 9.52 Å². The summed E-state index contributed by atoms with van der Waals surface area (Å²) in [5.41, 5.74) is 3.83. The number of hydrogen-bond acceptors (Lipinski definition) is 4. The van der Waals surface area contributed by atoms with Crippen molar-refractivity contribution in [2.24, 2.45) is 0 Å². The molecule has 32 heavy (non-hydrogen) atoms. The van der Waals surface area contributed by atoms with Gasteiger partial charge in [-0.25, -0.2) is 8.42 Å². The molecule has 6 nitrogen and oxygen atoms in total. The van der Waals surface area contributed by atoms with Gasteiger partial charge in [-0.05, 0) is 66.9 Å². The van der Waals surface area contributed by atoms with E-state index in [1.54, 1.807) is 54.5 Å². The average Bonchev–Trinajstić information content (AvgIpc) is 2.79. The van der Waals surface area contributed by atoms with Gasteiger partial charge in [0.1, 0.15) is 0 Å². The van der Waals surface area contributed by atoms with Crippen LogP contribution < -0.4 is 4.72 Å². The van der Waals surface area contributed by atoms with E-state index in [2.05, 4.69) is 4.72 Å². The summed E-state index contributed by atoms with van der Waals surface area (Å²) >= 11 is 0. The molecule has 0 atom stereocenters. The fourth-order valence-electron chi connectivity index (χ4n) is 3.22. The summed E-state index contributed by atoms with van der Waals surface area (Å²) in [6.07, 6.45) is 0. The molecule has 0 bridgehead atoms. The normalized spacial score (nSPS) is 11.2. The first-order chi connectivity index (χ1) is 15.3. The van der Waals surface area contributed by atoms with Crippen LogP contribution in [-0.4, -0.2) is 39.5 Å². The number of nitrogens with one attached hydrogen (secondary N) is 1. The molecule has 0 fully saturated rings. The summed E-state index contributed by atoms with van der Waals surface area (Å²) in [5.74, 6) is -0.144. The molecule has 0 aliphatic rings. The number of sulfonamides is 1. The molecule has 168 valence electrons. The SMILES string of the molecule is COCCN(Cc1ccccc1)C(=O)c1ccc(NS(=O)(=O)c2ccc(C)c(C)c2)cc1. The number of ether oxygens (including phenoxy) is 1. The molecule has 0 aliphatic carbocycles. The van der Waals surface area contributed by atoms with Crippen molar-refractivity contribution in [2.75, 3.05) is 25.0 Å². The highest BCUT2D eigenvalue weighted by molar-refractivity contribution is 7.92. The van der Waals surface area contributed by atoms with Gasteiger partial charge < -0.3 is 9.64 Å². The minimum absolute atomic E-state index is 0.144. The summed E-state index contributed by atoms with van der Waals surface area (Å²) in [7, 11) is -2.12. The summed E-state index contributed by atoms with van der Waals surface area (Å²) in [6.45, 7) is 5.14. The van der Waals surface area contributed by atoms with Crippen LogP contribution in [0.25, 0.3) is 0 Å². The molecule has 7 heteroatoms. The van der Waals surface area contributed by atoms with Gasteiger partial charge in [0.2, 0.25) is 0 Å². The molecule has 0 unspecified atom stereocenters. The molecule has 3 rings (SSSR count). The second-order valence-corrected chi connectivity index (χ2v) is 9.32. The first-order valence-corrected chi connectivity index (χ1v) is 11.8. The van der Waals surface area contributed by atoms with Gasteiger partial charge in [-0.1, -0.05) is 36.4 Å². The number of carbonyl (C=O) groups excluding carboxylic acids is 1. The van der Waals surface area contributed by atoms with E-state index < -0.39 is 10.0 Å². The lowest BCUT2D eigenvalue weighted by atomic mass is 10.1. The van der Waals surface area contributed by atoms with Crippen LogP contribution in [0.4, 0.5) is 5.69 Å². The minimum Gasteiger partial charge on any atom is -0.383 e. The van der Waals surface area contributed by atoms with E-state index in [1.165, 1.54) is 0 Å². The number of carbonyl (C=O) groups is 1. The van der Waals surface area contributed by atoms with Crippen molar-refractivity contribution in [1.82, 2.24) is 4.90 Å². The van der Waals surface area contributed by atoms with Crippen LogP contribution >= 0.6 is 0 Å². The number of rotatable bonds is 9. The fourth-order valence-corrected chi connectivity index (χ4v) is 4.36. The monoisotopic (exact) mass is 452 g/mol. The van der Waals surface area contributed by atoms with Crippen LogP contribution in [0, 0.1) is 13.8 Å². The minimum atomic E-state index is -3.72. The van der Waals surface area contributed by atoms with E-state index in [0.717, 1.165) is 16.7 Å². The predicted octanol–water partition coefficient (Wildman–Crippen LogP) is 4.39. The summed E-state index contributed by atoms with van der Waals surface area (Å²) in [4.78, 5) is 15.0. The Morgan fingerprint density at radius 2 is 1.62 bits per heavy atom. The molecule has 3 aromatic rings. The summed E-state index contributed by atoms with van der Waals surface area (Å²) in [5, 5.41) is 0. The largest absolute Gasteiger partial charge is 0.383 e. The van der Waals surface area contributed by atoms with E-state index in [9.17, 15) is 13.2 Å². The average molecular weight is 453 g/mol. The molecule has 0 saturated carbocycles. The number of aryl methyl sites for hydroxylation is 2. The lowest BCUT2D eigenvalue weighted by Gasteiger charge is -2.23. The number of hydrogen-bond donors (Lipinski definition) is 1. The Labute approximate surface area is 189 Å². The number of benzene rings is 3. The van der Waals surface area contributed by atoms with E-state index in [0.29, 0.717) is 30.9 Å². The van der Waals surface area contributed by atoms with Crippen molar-refractivity contribution in [3.05, 3.63) is 95.1 Å². The maximum absolute atomic E-state index is 13.1. The highest BCUT2D eigenvalue weighted by atomic mass is 32.2. The van der Waals surface area contributed by atoms with Crippen LogP contribution in [0.3, 0.4) is 0 Å². The zero-order chi connectivity index (χ0) is 23.1. The molecule has 0 aliphatic heterocycles. The fraction of sp³-hybridized carbons (Fsp3) is 0.240. The first kappa shape index (κ1) is 23.5. The van der Waals surface area contributed by atoms with Gasteiger partial charge >= 0.3 is 0 Å². The topological polar surface area (TPSA) is 75.7 Å². The molecule has 1 amide bonds. The molecule has 0 spiro atoms. The van der Waals surface area contributed by atoms with Gasteiger partial charge in [0.15, 0.2) is 0 Å². The highest BCUT2D eigenvalue weighted by Crippen LogP contribution is 2.20. The number of amides is 1. The van der Waals surface area contributed by atoms with Crippen LogP contribution in [0.15, 0.2) is 77.7 Å². The maximum Gasteiger partial charge on any atom is 0.261 e. The third-order valence-electron chi connectivity index (χ3n) is 5.24. The summed E-state index contributed by atoms with van der Waals surface area (Å²) < 4.78 is 33.2. The molecule has 3 aromatic carbocycles. The van der Waals surface area contributed by atoms with Gasteiger partial charge in [0.25, 0.3) is 15.9 Å². The Morgan fingerprint density at radius 1 is 0.938 bits per heavy atom. The lowest BCUT2D eigenvalue weighted by Crippen LogP contribution is -2.33. The van der Waals surface area contributed by atoms with E-state index in [-0.39, 0.29) is 10.8 Å². The number of methoxy groups -OCH3 is 1. The quantitative estimate of drug-likeness (QED) is 0.522. The molecule has 0 heterocycles. The molecular weight excluding hydrogens is 424 g/mol. The summed E-state index contributed by atoms with van der Waals surface area (Å²) in [6, 6.07) is 21.2. The van der Waals surface area contributed by atoms with Crippen molar-refractivity contribution < 1.29 is 17.9 Å². The van der Waals surface area contributed by atoms with Crippen LogP contribution in [-0.2, 0) is 21.3 Å². The van der Waals surface area contributed by atoms with E-state index in [4.69, 9.17) is 4.74 Å². The van der Waals surface area contributed by atoms with Crippen LogP contribution in [0.1, 0.15) is 27.0 Å². The van der Waals surface area contributed by atoms with Crippen molar-refractivity contribution >= 4 is 21.6 Å². The Bertz CT molecular complexity index is 1160. The molecule has 0 aromatic heterocycles. The van der Waals surface area contributed by atoms with Crippen molar-refractivity contribution in [3.63, 3.8) is 0 Å². The molecule has 0 radical (unpaired) electrons. The number of nitrogens with zero attached hydrogens (tertiary/aromatic N) is 1. The van der Waals surface area contributed by atoms with Gasteiger partial charge in [-0.15, -0.1) is 0 Å². The standard InChI is InChI=1S/C25H28N2O4S/c1-19-9-14-24(17-20(19)2)32(29,30)26-23-12-10-22(11-13-23)25(28)27(15-16-31-3)18-21-7-5-4-6-8-21/h4-14,17,26H,15-16,18H2,1-3H3. The second kappa shape index (κ2) is 10.4. The Kier molecular flexibility index (Phi) is 7.66. The van der Waals surface area contributed by atoms with Crippen molar-refractivity contribution in [3.8, 4) is 0 Å². The molecular formula is C25H28N2O4S. The van der Waals surface area contributed by atoms with Gasteiger partial charge in [0, 0.05) is 31.5 Å². The third kappa shape index (κ3) is 5.96.